The van der Waals surface area contributed by atoms with Crippen LogP contribution in [0.25, 0.3) is 0 Å². The van der Waals surface area contributed by atoms with Gasteiger partial charge in [-0.1, -0.05) is 35.5 Å². The Morgan fingerprint density at radius 2 is 1.94 bits per heavy atom. The molecule has 3 atom stereocenters. The van der Waals surface area contributed by atoms with Crippen LogP contribution in [-0.4, -0.2) is 60.8 Å². The number of hydrogen-bond donors (Lipinski definition) is 1. The molecule has 0 bridgehead atoms. The summed E-state index contributed by atoms with van der Waals surface area (Å²) in [7, 11) is 0. The molecule has 0 spiro atoms. The van der Waals surface area contributed by atoms with Gasteiger partial charge in [-0.15, -0.1) is 10.2 Å². The van der Waals surface area contributed by atoms with Gasteiger partial charge >= 0.3 is 0 Å². The fraction of sp³-hybridized carbons (Fsp3) is 0.500. The highest BCUT2D eigenvalue weighted by molar-refractivity contribution is 7.99. The number of thioether (sulfide) groups is 1. The summed E-state index contributed by atoms with van der Waals surface area (Å²) < 4.78 is 54.4. The van der Waals surface area contributed by atoms with Crippen molar-refractivity contribution in [3.05, 3.63) is 40.7 Å². The van der Waals surface area contributed by atoms with E-state index in [4.69, 9.17) is 11.6 Å². The van der Waals surface area contributed by atoms with Gasteiger partial charge in [0, 0.05) is 23.9 Å². The molecule has 2 heterocycles. The summed E-state index contributed by atoms with van der Waals surface area (Å²) in [5.41, 5.74) is -2.92. The van der Waals surface area contributed by atoms with Crippen LogP contribution in [0.5, 0.6) is 0 Å². The minimum absolute atomic E-state index is 0.0666. The summed E-state index contributed by atoms with van der Waals surface area (Å²) in [5, 5.41) is 22.9. The van der Waals surface area contributed by atoms with Crippen molar-refractivity contribution >= 4 is 35.0 Å². The quantitative estimate of drug-likeness (QED) is 0.431. The first-order valence-electron chi connectivity index (χ1n) is 10.2. The molecule has 13 heteroatoms. The van der Waals surface area contributed by atoms with Crippen LogP contribution in [0, 0.1) is 0 Å². The van der Waals surface area contributed by atoms with E-state index in [0.29, 0.717) is 16.7 Å². The fourth-order valence-electron chi connectivity index (χ4n) is 3.88. The maximum atomic E-state index is 13.3. The number of hydrazone groups is 1. The van der Waals surface area contributed by atoms with Crippen molar-refractivity contribution in [1.29, 1.82) is 0 Å². The number of carbonyl (C=O) groups excluding carboxylic acids is 1. The third kappa shape index (κ3) is 4.60. The minimum atomic E-state index is -3.46. The Balaban J connectivity index is 1.45. The molecule has 0 saturated heterocycles. The molecule has 1 saturated carbocycles. The van der Waals surface area contributed by atoms with Gasteiger partial charge < -0.3 is 9.67 Å². The second-order valence-corrected chi connectivity index (χ2v) is 9.21. The van der Waals surface area contributed by atoms with Gasteiger partial charge in [-0.25, -0.2) is 17.6 Å². The van der Waals surface area contributed by atoms with Crippen molar-refractivity contribution in [2.45, 2.75) is 61.9 Å². The summed E-state index contributed by atoms with van der Waals surface area (Å²) in [4.78, 5) is 12.5. The van der Waals surface area contributed by atoms with E-state index in [0.717, 1.165) is 29.6 Å². The predicted molar refractivity (Wildman–Crippen MR) is 114 cm³/mol. The van der Waals surface area contributed by atoms with Crippen molar-refractivity contribution in [1.82, 2.24) is 19.8 Å². The number of benzene rings is 1. The zero-order valence-corrected chi connectivity index (χ0v) is 18.9. The average molecular weight is 506 g/mol. The molecule has 7 nitrogen and oxygen atoms in total. The van der Waals surface area contributed by atoms with Gasteiger partial charge in [0.1, 0.15) is 11.5 Å². The lowest BCUT2D eigenvalue weighted by atomic mass is 10.1. The molecule has 4 rings (SSSR count). The molecule has 1 aromatic heterocycles. The van der Waals surface area contributed by atoms with Crippen LogP contribution in [0.4, 0.5) is 17.6 Å². The Hall–Kier alpha value is -2.18. The highest BCUT2D eigenvalue weighted by Crippen LogP contribution is 2.54. The highest BCUT2D eigenvalue weighted by Gasteiger charge is 2.53. The van der Waals surface area contributed by atoms with E-state index in [9.17, 15) is 27.5 Å². The lowest BCUT2D eigenvalue weighted by Crippen LogP contribution is -2.52. The lowest BCUT2D eigenvalue weighted by Gasteiger charge is -2.29. The molecular weight excluding hydrogens is 486 g/mol. The van der Waals surface area contributed by atoms with Gasteiger partial charge in [0.15, 0.2) is 5.16 Å². The Labute approximate surface area is 195 Å². The van der Waals surface area contributed by atoms with Crippen LogP contribution < -0.4 is 0 Å². The maximum Gasteiger partial charge on any atom is 0.287 e. The largest absolute Gasteiger partial charge is 0.364 e. The molecular formula is C20H20ClF4N5O2S. The zero-order valence-electron chi connectivity index (χ0n) is 17.3. The molecule has 1 aromatic carbocycles. The SMILES string of the molecule is CCn1c(SCC(=O)N2N=C(C(F)F)C[C@]2(O)C(F)F)nnc1[C@@H]1C[C@@H]1c1ccc(Cl)cc1. The minimum Gasteiger partial charge on any atom is -0.364 e. The topological polar surface area (TPSA) is 83.6 Å². The number of amides is 1. The molecule has 1 aliphatic heterocycles. The smallest absolute Gasteiger partial charge is 0.287 e. The first-order chi connectivity index (χ1) is 15.7. The maximum absolute atomic E-state index is 13.3. The summed E-state index contributed by atoms with van der Waals surface area (Å²) in [6.07, 6.45) is -6.85. The molecule has 1 aliphatic carbocycles. The number of halogens is 5. The van der Waals surface area contributed by atoms with Crippen LogP contribution in [-0.2, 0) is 11.3 Å². The van der Waals surface area contributed by atoms with Crippen LogP contribution in [0.3, 0.4) is 0 Å². The number of alkyl halides is 4. The van der Waals surface area contributed by atoms with Crippen LogP contribution in [0.2, 0.25) is 5.02 Å². The summed E-state index contributed by atoms with van der Waals surface area (Å²) >= 11 is 6.87. The Morgan fingerprint density at radius 1 is 1.24 bits per heavy atom. The van der Waals surface area contributed by atoms with E-state index in [1.807, 2.05) is 35.8 Å². The van der Waals surface area contributed by atoms with Gasteiger partial charge in [-0.3, -0.25) is 4.79 Å². The third-order valence-electron chi connectivity index (χ3n) is 5.68. The molecule has 0 unspecified atom stereocenters. The van der Waals surface area contributed by atoms with Crippen LogP contribution in [0.1, 0.15) is 43.0 Å². The van der Waals surface area contributed by atoms with Crippen LogP contribution in [0.15, 0.2) is 34.5 Å². The first kappa shape index (κ1) is 24.0. The molecule has 178 valence electrons. The van der Waals surface area contributed by atoms with E-state index < -0.39 is 42.4 Å². The van der Waals surface area contributed by atoms with Crippen molar-refractivity contribution in [2.24, 2.45) is 5.10 Å². The molecule has 1 fully saturated rings. The first-order valence-corrected chi connectivity index (χ1v) is 11.5. The van der Waals surface area contributed by atoms with E-state index >= 15 is 0 Å². The number of aromatic nitrogens is 3. The number of aliphatic hydroxyl groups is 1. The lowest BCUT2D eigenvalue weighted by molar-refractivity contribution is -0.190. The van der Waals surface area contributed by atoms with Gasteiger partial charge in [0.2, 0.25) is 5.72 Å². The molecule has 1 amide bonds. The third-order valence-corrected chi connectivity index (χ3v) is 6.88. The average Bonchev–Trinajstić information content (AvgIpc) is 3.31. The second-order valence-electron chi connectivity index (χ2n) is 7.83. The van der Waals surface area contributed by atoms with E-state index in [1.165, 1.54) is 0 Å². The van der Waals surface area contributed by atoms with Gasteiger partial charge in [0.25, 0.3) is 18.8 Å². The standard InChI is InChI=1S/C20H20ClF4N5O2S/c1-2-29-17(13-7-12(13)10-3-5-11(21)6-4-10)26-27-19(29)33-9-15(31)30-20(32,18(24)25)8-14(28-30)16(22)23/h3-6,12-13,16,18,32H,2,7-9H2,1H3/t12-,13-,20+/m1/s1. The number of nitrogens with zero attached hydrogens (tertiary/aromatic N) is 5. The van der Waals surface area contributed by atoms with Crippen molar-refractivity contribution < 1.29 is 27.5 Å². The predicted octanol–water partition coefficient (Wildman–Crippen LogP) is 4.12. The monoisotopic (exact) mass is 505 g/mol. The Morgan fingerprint density at radius 3 is 2.55 bits per heavy atom. The van der Waals surface area contributed by atoms with Gasteiger partial charge in [-0.2, -0.15) is 10.1 Å². The molecule has 0 radical (unpaired) electrons. The van der Waals surface area contributed by atoms with E-state index in [1.54, 1.807) is 0 Å². The van der Waals surface area contributed by atoms with Gasteiger partial charge in [-0.05, 0) is 37.0 Å². The molecule has 33 heavy (non-hydrogen) atoms. The van der Waals surface area contributed by atoms with Crippen molar-refractivity contribution in [3.8, 4) is 0 Å². The summed E-state index contributed by atoms with van der Waals surface area (Å²) in [6.45, 7) is 2.40. The zero-order chi connectivity index (χ0) is 23.9. The second kappa shape index (κ2) is 9.22. The molecule has 2 aliphatic rings. The molecule has 2 aromatic rings. The van der Waals surface area contributed by atoms with Gasteiger partial charge in [0.05, 0.1) is 5.75 Å². The summed E-state index contributed by atoms with van der Waals surface area (Å²) in [5.74, 6) is -0.307. The molecule has 1 N–H and O–H groups in total. The van der Waals surface area contributed by atoms with Crippen molar-refractivity contribution in [3.63, 3.8) is 0 Å². The number of rotatable bonds is 8. The van der Waals surface area contributed by atoms with Crippen LogP contribution >= 0.6 is 23.4 Å². The number of carbonyl (C=O) groups is 1. The number of hydrogen-bond acceptors (Lipinski definition) is 6. The van der Waals surface area contributed by atoms with E-state index in [-0.39, 0.29) is 16.8 Å². The Bertz CT molecular complexity index is 1070. The fourth-order valence-corrected chi connectivity index (χ4v) is 4.86. The summed E-state index contributed by atoms with van der Waals surface area (Å²) in [6, 6.07) is 7.57. The van der Waals surface area contributed by atoms with Crippen molar-refractivity contribution in [2.75, 3.05) is 5.75 Å². The normalized spacial score (nSPS) is 24.6. The highest BCUT2D eigenvalue weighted by atomic mass is 35.5. The van der Waals surface area contributed by atoms with E-state index in [2.05, 4.69) is 15.3 Å². The Kier molecular flexibility index (Phi) is 6.70.